The summed E-state index contributed by atoms with van der Waals surface area (Å²) in [5.41, 5.74) is 2.12. The number of hydrogen-bond acceptors (Lipinski definition) is 1. The first kappa shape index (κ1) is 12.6. The van der Waals surface area contributed by atoms with Crippen LogP contribution in [0.3, 0.4) is 0 Å². The Labute approximate surface area is 115 Å². The van der Waals surface area contributed by atoms with E-state index >= 15 is 0 Å². The molecule has 0 amide bonds. The van der Waals surface area contributed by atoms with Gasteiger partial charge in [0.2, 0.25) is 5.69 Å². The molecule has 2 nitrogen and oxygen atoms in total. The Morgan fingerprint density at radius 3 is 2.22 bits per heavy atom. The van der Waals surface area contributed by atoms with Gasteiger partial charge in [-0.25, -0.2) is 4.99 Å². The second-order valence-corrected chi connectivity index (χ2v) is 4.61. The van der Waals surface area contributed by atoms with Crippen LogP contribution in [-0.2, 0) is 0 Å². The quantitative estimate of drug-likeness (QED) is 0.835. The van der Waals surface area contributed by atoms with Gasteiger partial charge < -0.3 is 5.32 Å². The van der Waals surface area contributed by atoms with Crippen molar-refractivity contribution in [1.82, 2.24) is 0 Å². The summed E-state index contributed by atoms with van der Waals surface area (Å²) in [5, 5.41) is 3.20. The van der Waals surface area contributed by atoms with E-state index in [2.05, 4.69) is 26.2 Å². The fourth-order valence-corrected chi connectivity index (χ4v) is 1.64. The van der Waals surface area contributed by atoms with E-state index in [-0.39, 0.29) is 0 Å². The average molecular weight is 302 g/mol. The topological polar surface area (TPSA) is 26.0 Å². The van der Waals surface area contributed by atoms with Gasteiger partial charge in [0.15, 0.2) is 6.21 Å². The third kappa shape index (κ3) is 4.18. The second-order valence-electron chi connectivity index (χ2n) is 3.69. The molecule has 0 saturated heterocycles. The summed E-state index contributed by atoms with van der Waals surface area (Å²) in [7, 11) is 0. The van der Waals surface area contributed by atoms with Crippen molar-refractivity contribution in [3.8, 4) is 0 Å². The molecule has 0 saturated carbocycles. The maximum absolute atomic E-state index is 3.47. The number of hydrogen-bond donors (Lipinski definition) is 2. The normalized spacial score (nSPS) is 11.7. The fraction of sp³-hybridized carbons (Fsp3) is 0. The van der Waals surface area contributed by atoms with Crippen molar-refractivity contribution in [2.24, 2.45) is 0 Å². The monoisotopic (exact) mass is 301 g/mol. The number of anilines is 1. The summed E-state index contributed by atoms with van der Waals surface area (Å²) in [6, 6.07) is 20.0. The molecule has 0 radical (unpaired) electrons. The van der Waals surface area contributed by atoms with Crippen molar-refractivity contribution in [2.75, 3.05) is 5.32 Å². The van der Waals surface area contributed by atoms with Crippen LogP contribution in [0.5, 0.6) is 0 Å². The van der Waals surface area contributed by atoms with E-state index in [1.165, 1.54) is 0 Å². The van der Waals surface area contributed by atoms with Gasteiger partial charge in [0.1, 0.15) is 0 Å². The maximum Gasteiger partial charge on any atom is 0.203 e. The minimum absolute atomic E-state index is 0.940. The van der Waals surface area contributed by atoms with E-state index in [1.54, 1.807) is 0 Å². The molecule has 2 aromatic carbocycles. The van der Waals surface area contributed by atoms with Crippen molar-refractivity contribution < 1.29 is 4.99 Å². The SMILES string of the molecule is Br/C(C=[NH+]c1ccccc1)=C\Nc1ccccc1. The Hall–Kier alpha value is -1.87. The van der Waals surface area contributed by atoms with E-state index in [4.69, 9.17) is 0 Å². The molecule has 18 heavy (non-hydrogen) atoms. The average Bonchev–Trinajstić information content (AvgIpc) is 2.45. The third-order valence-electron chi connectivity index (χ3n) is 2.30. The van der Waals surface area contributed by atoms with Crippen LogP contribution in [0.2, 0.25) is 0 Å². The molecule has 0 bridgehead atoms. The van der Waals surface area contributed by atoms with Crippen molar-refractivity contribution in [2.45, 2.75) is 0 Å². The molecule has 0 heterocycles. The number of para-hydroxylation sites is 2. The molecule has 0 aliphatic heterocycles. The van der Waals surface area contributed by atoms with Gasteiger partial charge >= 0.3 is 0 Å². The highest BCUT2D eigenvalue weighted by molar-refractivity contribution is 9.12. The highest BCUT2D eigenvalue weighted by Gasteiger charge is 1.94. The lowest BCUT2D eigenvalue weighted by molar-refractivity contribution is -0.346. The van der Waals surface area contributed by atoms with Gasteiger partial charge in [-0.15, -0.1) is 0 Å². The molecule has 0 atom stereocenters. The van der Waals surface area contributed by atoms with Crippen LogP contribution in [0.4, 0.5) is 11.4 Å². The Morgan fingerprint density at radius 1 is 0.944 bits per heavy atom. The number of halogens is 1. The van der Waals surface area contributed by atoms with Crippen molar-refractivity contribution in [3.05, 3.63) is 71.3 Å². The first-order valence-corrected chi connectivity index (χ1v) is 6.46. The predicted molar refractivity (Wildman–Crippen MR) is 80.2 cm³/mol. The molecule has 90 valence electrons. The molecular formula is C15H14BrN2+. The number of allylic oxidation sites excluding steroid dienone is 1. The molecule has 0 aliphatic carbocycles. The number of benzene rings is 2. The first-order chi connectivity index (χ1) is 8.84. The summed E-state index contributed by atoms with van der Waals surface area (Å²) < 4.78 is 0.940. The lowest BCUT2D eigenvalue weighted by Crippen LogP contribution is -2.61. The molecule has 2 aromatic rings. The van der Waals surface area contributed by atoms with Gasteiger partial charge in [-0.05, 0) is 28.1 Å². The van der Waals surface area contributed by atoms with E-state index in [0.717, 1.165) is 15.9 Å². The minimum atomic E-state index is 0.940. The molecule has 0 aliphatic rings. The van der Waals surface area contributed by atoms with Crippen molar-refractivity contribution in [3.63, 3.8) is 0 Å². The van der Waals surface area contributed by atoms with Gasteiger partial charge in [-0.2, -0.15) is 0 Å². The Bertz CT molecular complexity index is 533. The predicted octanol–water partition coefficient (Wildman–Crippen LogP) is 2.82. The highest BCUT2D eigenvalue weighted by Crippen LogP contribution is 2.07. The summed E-state index contributed by atoms with van der Waals surface area (Å²) in [5.74, 6) is 0. The lowest BCUT2D eigenvalue weighted by atomic mass is 10.3. The molecule has 0 unspecified atom stereocenters. The Balaban J connectivity index is 1.96. The van der Waals surface area contributed by atoms with E-state index in [0.29, 0.717) is 0 Å². The van der Waals surface area contributed by atoms with E-state index in [9.17, 15) is 0 Å². The zero-order chi connectivity index (χ0) is 12.6. The van der Waals surface area contributed by atoms with Crippen LogP contribution < -0.4 is 10.3 Å². The fourth-order valence-electron chi connectivity index (χ4n) is 1.41. The number of nitrogens with one attached hydrogen (secondary N) is 2. The molecule has 0 spiro atoms. The van der Waals surface area contributed by atoms with Crippen LogP contribution in [0.1, 0.15) is 0 Å². The smallest absolute Gasteiger partial charge is 0.203 e. The van der Waals surface area contributed by atoms with Gasteiger partial charge in [-0.1, -0.05) is 36.4 Å². The Kier molecular flexibility index (Phi) is 4.73. The van der Waals surface area contributed by atoms with E-state index < -0.39 is 0 Å². The van der Waals surface area contributed by atoms with Crippen molar-refractivity contribution >= 4 is 33.5 Å². The van der Waals surface area contributed by atoms with Crippen molar-refractivity contribution in [1.29, 1.82) is 0 Å². The second kappa shape index (κ2) is 6.77. The largest absolute Gasteiger partial charge is 0.360 e. The molecule has 0 fully saturated rings. The summed E-state index contributed by atoms with van der Waals surface area (Å²) in [4.78, 5) is 3.20. The molecule has 2 N–H and O–H groups in total. The molecule has 0 aromatic heterocycles. The zero-order valence-corrected chi connectivity index (χ0v) is 11.4. The van der Waals surface area contributed by atoms with E-state index in [1.807, 2.05) is 73.1 Å². The first-order valence-electron chi connectivity index (χ1n) is 5.67. The third-order valence-corrected chi connectivity index (χ3v) is 2.76. The summed E-state index contributed by atoms with van der Waals surface area (Å²) in [6.07, 6.45) is 3.79. The lowest BCUT2D eigenvalue weighted by Gasteiger charge is -1.98. The van der Waals surface area contributed by atoms with Gasteiger partial charge in [-0.3, -0.25) is 0 Å². The Morgan fingerprint density at radius 2 is 1.56 bits per heavy atom. The van der Waals surface area contributed by atoms with Crippen LogP contribution in [0.15, 0.2) is 71.3 Å². The zero-order valence-electron chi connectivity index (χ0n) is 9.81. The number of rotatable bonds is 4. The summed E-state index contributed by atoms with van der Waals surface area (Å²) >= 11 is 3.47. The summed E-state index contributed by atoms with van der Waals surface area (Å²) in [6.45, 7) is 0. The van der Waals surface area contributed by atoms with Gasteiger partial charge in [0.25, 0.3) is 0 Å². The molecular weight excluding hydrogens is 288 g/mol. The standard InChI is InChI=1S/C15H13BrN2/c16-13(11-17-14-7-3-1-4-8-14)12-18-15-9-5-2-6-10-15/h1-12,17H/p+1/b13-11-,18-12?. The van der Waals surface area contributed by atoms with Crippen LogP contribution in [0.25, 0.3) is 0 Å². The van der Waals surface area contributed by atoms with Crippen LogP contribution in [0, 0.1) is 0 Å². The van der Waals surface area contributed by atoms with Gasteiger partial charge in [0, 0.05) is 24.0 Å². The molecule has 3 heteroatoms. The van der Waals surface area contributed by atoms with Crippen LogP contribution in [-0.4, -0.2) is 6.21 Å². The highest BCUT2D eigenvalue weighted by atomic mass is 79.9. The maximum atomic E-state index is 3.47. The minimum Gasteiger partial charge on any atom is -0.360 e. The van der Waals surface area contributed by atoms with Crippen LogP contribution >= 0.6 is 15.9 Å². The van der Waals surface area contributed by atoms with Gasteiger partial charge in [0.05, 0.1) is 4.48 Å². The molecule has 2 rings (SSSR count).